The summed E-state index contributed by atoms with van der Waals surface area (Å²) < 4.78 is 0. The van der Waals surface area contributed by atoms with Crippen LogP contribution in [-0.4, -0.2) is 13.1 Å². The van der Waals surface area contributed by atoms with E-state index in [4.69, 9.17) is 0 Å². The van der Waals surface area contributed by atoms with Crippen LogP contribution in [0.25, 0.3) is 0 Å². The van der Waals surface area contributed by atoms with Gasteiger partial charge < -0.3 is 5.32 Å². The minimum absolute atomic E-state index is 0.542. The highest BCUT2D eigenvalue weighted by Gasteiger charge is 2.26. The summed E-state index contributed by atoms with van der Waals surface area (Å²) in [6.45, 7) is 4.37. The molecule has 2 rings (SSSR count). The smallest absolute Gasteiger partial charge is 0.0177 e. The first-order chi connectivity index (χ1) is 7.72. The minimum Gasteiger partial charge on any atom is -0.316 e. The van der Waals surface area contributed by atoms with Gasteiger partial charge in [0.15, 0.2) is 0 Å². The Morgan fingerprint density at radius 1 is 1.31 bits per heavy atom. The summed E-state index contributed by atoms with van der Waals surface area (Å²) in [6.07, 6.45) is 4.84. The molecule has 0 saturated heterocycles. The van der Waals surface area contributed by atoms with Crippen LogP contribution < -0.4 is 5.32 Å². The van der Waals surface area contributed by atoms with E-state index in [0.717, 1.165) is 0 Å². The topological polar surface area (TPSA) is 12.0 Å². The molecule has 16 heavy (non-hydrogen) atoms. The van der Waals surface area contributed by atoms with E-state index in [1.807, 2.05) is 0 Å². The Hall–Kier alpha value is -1.08. The van der Waals surface area contributed by atoms with Crippen LogP contribution in [0.15, 0.2) is 35.9 Å². The van der Waals surface area contributed by atoms with E-state index in [1.165, 1.54) is 29.5 Å². The van der Waals surface area contributed by atoms with Gasteiger partial charge in [-0.05, 0) is 44.9 Å². The average Bonchev–Trinajstić information content (AvgIpc) is 2.29. The van der Waals surface area contributed by atoms with Crippen LogP contribution in [0.5, 0.6) is 0 Å². The van der Waals surface area contributed by atoms with Gasteiger partial charge in [-0.15, -0.1) is 0 Å². The van der Waals surface area contributed by atoms with Gasteiger partial charge in [0.1, 0.15) is 0 Å². The van der Waals surface area contributed by atoms with E-state index in [0.29, 0.717) is 12.0 Å². The maximum absolute atomic E-state index is 3.46. The Morgan fingerprint density at radius 3 is 2.75 bits per heavy atom. The molecule has 0 spiro atoms. The molecular formula is C15H21N. The van der Waals surface area contributed by atoms with Gasteiger partial charge in [0.05, 0.1) is 0 Å². The highest BCUT2D eigenvalue weighted by Crippen LogP contribution is 2.33. The highest BCUT2D eigenvalue weighted by atomic mass is 14.9. The van der Waals surface area contributed by atoms with E-state index in [9.17, 15) is 0 Å². The second-order valence-electron chi connectivity index (χ2n) is 4.90. The number of nitrogens with one attached hydrogen (secondary N) is 1. The fraction of sp³-hybridized carbons (Fsp3) is 0.467. The maximum Gasteiger partial charge on any atom is 0.0177 e. The quantitative estimate of drug-likeness (QED) is 0.747. The SMILES string of the molecule is CN[C@H]1CCc2ccccc2[C@@H]1C=C(C)C. The van der Waals surface area contributed by atoms with Gasteiger partial charge in [0.25, 0.3) is 0 Å². The first-order valence-corrected chi connectivity index (χ1v) is 6.12. The fourth-order valence-corrected chi connectivity index (χ4v) is 2.68. The van der Waals surface area contributed by atoms with E-state index < -0.39 is 0 Å². The predicted octanol–water partition coefficient (Wildman–Crippen LogP) is 3.27. The monoisotopic (exact) mass is 215 g/mol. The van der Waals surface area contributed by atoms with Crippen LogP contribution in [0, 0.1) is 0 Å². The third-order valence-electron chi connectivity index (χ3n) is 3.46. The summed E-state index contributed by atoms with van der Waals surface area (Å²) in [7, 11) is 2.07. The van der Waals surface area contributed by atoms with Crippen molar-refractivity contribution in [2.24, 2.45) is 0 Å². The Kier molecular flexibility index (Phi) is 3.45. The molecule has 86 valence electrons. The highest BCUT2D eigenvalue weighted by molar-refractivity contribution is 5.37. The molecule has 1 aromatic rings. The normalized spacial score (nSPS) is 23.7. The van der Waals surface area contributed by atoms with Gasteiger partial charge in [0.2, 0.25) is 0 Å². The summed E-state index contributed by atoms with van der Waals surface area (Å²) in [5.74, 6) is 0.542. The fourth-order valence-electron chi connectivity index (χ4n) is 2.68. The molecular weight excluding hydrogens is 194 g/mol. The third kappa shape index (κ3) is 2.19. The van der Waals surface area contributed by atoms with E-state index in [-0.39, 0.29) is 0 Å². The van der Waals surface area contributed by atoms with Gasteiger partial charge in [-0.3, -0.25) is 0 Å². The second-order valence-corrected chi connectivity index (χ2v) is 4.90. The van der Waals surface area contributed by atoms with Crippen molar-refractivity contribution in [3.8, 4) is 0 Å². The zero-order valence-corrected chi connectivity index (χ0v) is 10.5. The van der Waals surface area contributed by atoms with Crippen molar-refractivity contribution < 1.29 is 0 Å². The lowest BCUT2D eigenvalue weighted by molar-refractivity contribution is 0.456. The second kappa shape index (κ2) is 4.84. The maximum atomic E-state index is 3.46. The molecule has 1 aromatic carbocycles. The van der Waals surface area contributed by atoms with Gasteiger partial charge in [-0.25, -0.2) is 0 Å². The summed E-state index contributed by atoms with van der Waals surface area (Å²) in [6, 6.07) is 9.45. The van der Waals surface area contributed by atoms with Crippen molar-refractivity contribution in [1.82, 2.24) is 5.32 Å². The van der Waals surface area contributed by atoms with Crippen molar-refractivity contribution in [1.29, 1.82) is 0 Å². The van der Waals surface area contributed by atoms with Gasteiger partial charge in [-0.1, -0.05) is 35.9 Å². The summed E-state index contributed by atoms with van der Waals surface area (Å²) in [5, 5.41) is 3.46. The number of hydrogen-bond acceptors (Lipinski definition) is 1. The third-order valence-corrected chi connectivity index (χ3v) is 3.46. The van der Waals surface area contributed by atoms with Gasteiger partial charge >= 0.3 is 0 Å². The molecule has 1 aliphatic carbocycles. The number of fused-ring (bicyclic) bond motifs is 1. The number of aryl methyl sites for hydroxylation is 1. The first kappa shape index (κ1) is 11.4. The van der Waals surface area contributed by atoms with Crippen LogP contribution in [0.2, 0.25) is 0 Å². The number of allylic oxidation sites excluding steroid dienone is 1. The zero-order valence-electron chi connectivity index (χ0n) is 10.5. The van der Waals surface area contributed by atoms with Crippen molar-refractivity contribution in [3.63, 3.8) is 0 Å². The Bertz CT molecular complexity index is 388. The molecule has 0 radical (unpaired) electrons. The van der Waals surface area contributed by atoms with E-state index >= 15 is 0 Å². The predicted molar refractivity (Wildman–Crippen MR) is 69.8 cm³/mol. The van der Waals surface area contributed by atoms with Gasteiger partial charge in [-0.2, -0.15) is 0 Å². The molecule has 0 saturated carbocycles. The molecule has 1 nitrogen and oxygen atoms in total. The Balaban J connectivity index is 2.40. The number of hydrogen-bond donors (Lipinski definition) is 1. The van der Waals surface area contributed by atoms with E-state index in [2.05, 4.69) is 56.6 Å². The standard InChI is InChI=1S/C15H21N/c1-11(2)10-14-13-7-5-4-6-12(13)8-9-15(14)16-3/h4-7,10,14-16H,8-9H2,1-3H3/t14-,15-/m0/s1. The van der Waals surface area contributed by atoms with E-state index in [1.54, 1.807) is 0 Å². The summed E-state index contributed by atoms with van der Waals surface area (Å²) in [5.41, 5.74) is 4.44. The molecule has 1 N–H and O–H groups in total. The van der Waals surface area contributed by atoms with Crippen molar-refractivity contribution >= 4 is 0 Å². The zero-order chi connectivity index (χ0) is 11.5. The van der Waals surface area contributed by atoms with Crippen molar-refractivity contribution in [2.75, 3.05) is 7.05 Å². The first-order valence-electron chi connectivity index (χ1n) is 6.12. The molecule has 0 amide bonds. The molecule has 0 heterocycles. The number of rotatable bonds is 2. The van der Waals surface area contributed by atoms with Gasteiger partial charge in [0, 0.05) is 12.0 Å². The van der Waals surface area contributed by atoms with Crippen LogP contribution in [0.4, 0.5) is 0 Å². The minimum atomic E-state index is 0.542. The largest absolute Gasteiger partial charge is 0.316 e. The molecule has 0 bridgehead atoms. The van der Waals surface area contributed by atoms with Crippen LogP contribution in [0.3, 0.4) is 0 Å². The number of likely N-dealkylation sites (N-methyl/N-ethyl adjacent to an activating group) is 1. The van der Waals surface area contributed by atoms with Crippen LogP contribution in [0.1, 0.15) is 37.3 Å². The lowest BCUT2D eigenvalue weighted by atomic mass is 9.78. The molecule has 1 aliphatic rings. The molecule has 0 unspecified atom stereocenters. The Morgan fingerprint density at radius 2 is 2.06 bits per heavy atom. The van der Waals surface area contributed by atoms with Crippen LogP contribution in [-0.2, 0) is 6.42 Å². The van der Waals surface area contributed by atoms with Crippen LogP contribution >= 0.6 is 0 Å². The molecule has 1 heteroatoms. The summed E-state index contributed by atoms with van der Waals surface area (Å²) in [4.78, 5) is 0. The molecule has 2 atom stereocenters. The summed E-state index contributed by atoms with van der Waals surface area (Å²) >= 11 is 0. The van der Waals surface area contributed by atoms with Crippen molar-refractivity contribution in [3.05, 3.63) is 47.0 Å². The lowest BCUT2D eigenvalue weighted by Crippen LogP contribution is -2.35. The number of benzene rings is 1. The Labute approximate surface area is 98.6 Å². The molecule has 0 fully saturated rings. The molecule has 0 aromatic heterocycles. The van der Waals surface area contributed by atoms with Crippen molar-refractivity contribution in [2.45, 2.75) is 38.6 Å². The average molecular weight is 215 g/mol. The molecule has 0 aliphatic heterocycles. The lowest BCUT2D eigenvalue weighted by Gasteiger charge is -2.32.